The van der Waals surface area contributed by atoms with Gasteiger partial charge in [-0.15, -0.1) is 10.2 Å². The summed E-state index contributed by atoms with van der Waals surface area (Å²) in [7, 11) is 0. The van der Waals surface area contributed by atoms with Crippen LogP contribution in [0, 0.1) is 5.82 Å². The zero-order valence-corrected chi connectivity index (χ0v) is 16.5. The minimum absolute atomic E-state index is 0.157. The van der Waals surface area contributed by atoms with Crippen molar-refractivity contribution in [2.75, 3.05) is 5.32 Å². The van der Waals surface area contributed by atoms with E-state index in [0.29, 0.717) is 36.0 Å². The van der Waals surface area contributed by atoms with Gasteiger partial charge in [-0.3, -0.25) is 5.32 Å². The van der Waals surface area contributed by atoms with E-state index >= 15 is 0 Å². The van der Waals surface area contributed by atoms with Crippen molar-refractivity contribution in [3.05, 3.63) is 95.8 Å². The minimum Gasteiger partial charge on any atom is -0.444 e. The van der Waals surface area contributed by atoms with Crippen LogP contribution in [0.3, 0.4) is 0 Å². The van der Waals surface area contributed by atoms with Crippen LogP contribution in [0.4, 0.5) is 15.0 Å². The number of pyridine rings is 1. The van der Waals surface area contributed by atoms with Crippen molar-refractivity contribution in [2.45, 2.75) is 19.4 Å². The summed E-state index contributed by atoms with van der Waals surface area (Å²) in [6, 6.07) is 19.1. The summed E-state index contributed by atoms with van der Waals surface area (Å²) in [5.74, 6) is 0.767. The molecule has 0 unspecified atom stereocenters. The number of ether oxygens (including phenoxy) is 1. The molecule has 2 heterocycles. The number of hydrogen-bond donors (Lipinski definition) is 1. The monoisotopic (exact) mass is 418 g/mol. The van der Waals surface area contributed by atoms with Gasteiger partial charge >= 0.3 is 6.09 Å². The fraction of sp³-hybridized carbons (Fsp3) is 0.130. The zero-order chi connectivity index (χ0) is 21.5. The van der Waals surface area contributed by atoms with Gasteiger partial charge in [0, 0.05) is 18.2 Å². The normalized spacial score (nSPS) is 10.6. The second-order valence-electron chi connectivity index (χ2n) is 6.75. The molecule has 7 nitrogen and oxygen atoms in total. The Hall–Kier alpha value is -4.07. The first kappa shape index (κ1) is 20.2. The van der Waals surface area contributed by atoms with Crippen LogP contribution < -0.4 is 5.32 Å². The number of halogens is 1. The summed E-state index contributed by atoms with van der Waals surface area (Å²) in [5.41, 5.74) is 2.35. The fourth-order valence-electron chi connectivity index (χ4n) is 2.91. The molecule has 156 valence electrons. The summed E-state index contributed by atoms with van der Waals surface area (Å²) < 4.78 is 24.2. The lowest BCUT2D eigenvalue weighted by molar-refractivity contribution is 0.155. The first-order valence-corrected chi connectivity index (χ1v) is 9.67. The second-order valence-corrected chi connectivity index (χ2v) is 6.75. The van der Waals surface area contributed by atoms with E-state index in [4.69, 9.17) is 9.15 Å². The van der Waals surface area contributed by atoms with E-state index in [1.165, 1.54) is 18.3 Å². The Bertz CT molecular complexity index is 1160. The van der Waals surface area contributed by atoms with Crippen molar-refractivity contribution in [3.8, 4) is 11.5 Å². The highest BCUT2D eigenvalue weighted by Crippen LogP contribution is 2.21. The van der Waals surface area contributed by atoms with Gasteiger partial charge in [-0.25, -0.2) is 14.2 Å². The quantitative estimate of drug-likeness (QED) is 0.463. The highest BCUT2D eigenvalue weighted by atomic mass is 19.1. The molecule has 0 aliphatic heterocycles. The maximum atomic E-state index is 13.3. The van der Waals surface area contributed by atoms with Gasteiger partial charge in [-0.05, 0) is 41.8 Å². The predicted molar refractivity (Wildman–Crippen MR) is 112 cm³/mol. The van der Waals surface area contributed by atoms with E-state index in [-0.39, 0.29) is 12.4 Å². The van der Waals surface area contributed by atoms with Crippen molar-refractivity contribution in [1.82, 2.24) is 15.2 Å². The molecular formula is C23H19FN4O3. The molecule has 0 atom stereocenters. The Labute approximate surface area is 177 Å². The van der Waals surface area contributed by atoms with Crippen LogP contribution in [-0.4, -0.2) is 21.3 Å². The molecule has 0 aliphatic rings. The van der Waals surface area contributed by atoms with Gasteiger partial charge in [-0.2, -0.15) is 0 Å². The van der Waals surface area contributed by atoms with Crippen LogP contribution in [0.2, 0.25) is 0 Å². The molecule has 4 aromatic rings. The molecule has 0 bridgehead atoms. The second kappa shape index (κ2) is 9.62. The molecule has 0 saturated carbocycles. The number of aryl methyl sites for hydroxylation is 2. The Morgan fingerprint density at radius 2 is 1.81 bits per heavy atom. The summed E-state index contributed by atoms with van der Waals surface area (Å²) in [5, 5.41) is 10.7. The molecule has 1 amide bonds. The Kier molecular flexibility index (Phi) is 6.27. The topological polar surface area (TPSA) is 90.1 Å². The van der Waals surface area contributed by atoms with Gasteiger partial charge in [0.2, 0.25) is 11.8 Å². The van der Waals surface area contributed by atoms with Crippen LogP contribution in [0.15, 0.2) is 77.3 Å². The third kappa shape index (κ3) is 5.72. The molecule has 0 saturated heterocycles. The van der Waals surface area contributed by atoms with Crippen LogP contribution >= 0.6 is 0 Å². The van der Waals surface area contributed by atoms with Gasteiger partial charge in [0.15, 0.2) is 0 Å². The first-order valence-electron chi connectivity index (χ1n) is 9.67. The molecule has 31 heavy (non-hydrogen) atoms. The van der Waals surface area contributed by atoms with Gasteiger partial charge < -0.3 is 9.15 Å². The molecule has 2 aromatic carbocycles. The van der Waals surface area contributed by atoms with Crippen LogP contribution in [0.5, 0.6) is 0 Å². The van der Waals surface area contributed by atoms with Crippen molar-refractivity contribution in [2.24, 2.45) is 0 Å². The Balaban J connectivity index is 1.35. The summed E-state index contributed by atoms with van der Waals surface area (Å²) in [6.07, 6.45) is 1.97. The average molecular weight is 418 g/mol. The van der Waals surface area contributed by atoms with E-state index in [1.807, 2.05) is 36.4 Å². The lowest BCUT2D eigenvalue weighted by atomic mass is 10.1. The molecule has 2 aromatic heterocycles. The number of carbonyl (C=O) groups excluding carboxylic acids is 1. The third-order valence-electron chi connectivity index (χ3n) is 4.43. The van der Waals surface area contributed by atoms with Gasteiger partial charge in [0.1, 0.15) is 18.2 Å². The number of amides is 1. The molecule has 0 spiro atoms. The van der Waals surface area contributed by atoms with Gasteiger partial charge in [0.25, 0.3) is 0 Å². The van der Waals surface area contributed by atoms with Crippen molar-refractivity contribution < 1.29 is 18.3 Å². The molecule has 1 N–H and O–H groups in total. The Morgan fingerprint density at radius 1 is 0.968 bits per heavy atom. The summed E-state index contributed by atoms with van der Waals surface area (Å²) >= 11 is 0. The van der Waals surface area contributed by atoms with Crippen molar-refractivity contribution in [1.29, 1.82) is 0 Å². The van der Waals surface area contributed by atoms with Crippen LogP contribution in [0.25, 0.3) is 11.5 Å². The number of rotatable bonds is 7. The molecular weight excluding hydrogens is 399 g/mol. The maximum absolute atomic E-state index is 13.3. The largest absolute Gasteiger partial charge is 0.444 e. The molecule has 8 heteroatoms. The van der Waals surface area contributed by atoms with Crippen molar-refractivity contribution >= 4 is 11.9 Å². The summed E-state index contributed by atoms with van der Waals surface area (Å²) in [6.45, 7) is 0.157. The smallest absolute Gasteiger partial charge is 0.413 e. The maximum Gasteiger partial charge on any atom is 0.413 e. The number of hydrogen-bond acceptors (Lipinski definition) is 6. The zero-order valence-electron chi connectivity index (χ0n) is 16.5. The van der Waals surface area contributed by atoms with Crippen molar-refractivity contribution in [3.63, 3.8) is 0 Å². The highest BCUT2D eigenvalue weighted by molar-refractivity contribution is 5.84. The van der Waals surface area contributed by atoms with Gasteiger partial charge in [0.05, 0.1) is 0 Å². The average Bonchev–Trinajstić information content (AvgIpc) is 3.27. The van der Waals surface area contributed by atoms with E-state index in [9.17, 15) is 9.18 Å². The molecule has 4 rings (SSSR count). The molecule has 0 radical (unpaired) electrons. The standard InChI is InChI=1S/C23H19FN4O3/c24-19-8-4-7-16(13-19)9-10-21-27-28-22(31-21)18-11-12-25-20(14-18)26-23(29)30-15-17-5-2-1-3-6-17/h1-8,11-14H,9-10,15H2,(H,25,26,29). The summed E-state index contributed by atoms with van der Waals surface area (Å²) in [4.78, 5) is 16.1. The lowest BCUT2D eigenvalue weighted by Crippen LogP contribution is -2.14. The number of nitrogens with zero attached hydrogens (tertiary/aromatic N) is 3. The number of aromatic nitrogens is 3. The van der Waals surface area contributed by atoms with E-state index < -0.39 is 6.09 Å². The van der Waals surface area contributed by atoms with Gasteiger partial charge in [-0.1, -0.05) is 42.5 Å². The third-order valence-corrected chi connectivity index (χ3v) is 4.43. The number of benzene rings is 2. The predicted octanol–water partition coefficient (Wildman–Crippen LogP) is 4.80. The number of nitrogens with one attached hydrogen (secondary N) is 1. The number of carbonyl (C=O) groups is 1. The fourth-order valence-corrected chi connectivity index (χ4v) is 2.91. The SMILES string of the molecule is O=C(Nc1cc(-c2nnc(CCc3cccc(F)c3)o2)ccn1)OCc1ccccc1. The molecule has 0 fully saturated rings. The lowest BCUT2D eigenvalue weighted by Gasteiger charge is -2.07. The van der Waals surface area contributed by atoms with E-state index in [0.717, 1.165) is 11.1 Å². The number of anilines is 1. The van der Waals surface area contributed by atoms with Crippen LogP contribution in [0.1, 0.15) is 17.0 Å². The molecule has 0 aliphatic carbocycles. The Morgan fingerprint density at radius 3 is 2.65 bits per heavy atom. The van der Waals surface area contributed by atoms with Crippen LogP contribution in [-0.2, 0) is 24.2 Å². The highest BCUT2D eigenvalue weighted by Gasteiger charge is 2.12. The van der Waals surface area contributed by atoms with E-state index in [2.05, 4.69) is 20.5 Å². The first-order chi connectivity index (χ1) is 15.2. The van der Waals surface area contributed by atoms with E-state index in [1.54, 1.807) is 18.2 Å². The minimum atomic E-state index is -0.616.